The van der Waals surface area contributed by atoms with Crippen LogP contribution in [-0.2, 0) is 10.0 Å². The van der Waals surface area contributed by atoms with Gasteiger partial charge in [0.2, 0.25) is 10.0 Å². The fraction of sp³-hybridized carbons (Fsp3) is 0.600. The molecule has 1 aromatic heterocycles. The quantitative estimate of drug-likeness (QED) is 0.917. The Kier molecular flexibility index (Phi) is 4.32. The van der Waals surface area contributed by atoms with E-state index in [9.17, 15) is 8.42 Å². The van der Waals surface area contributed by atoms with Gasteiger partial charge in [-0.25, -0.2) is 8.42 Å². The van der Waals surface area contributed by atoms with Crippen LogP contribution in [0, 0.1) is 5.41 Å². The van der Waals surface area contributed by atoms with Crippen LogP contribution in [0.2, 0.25) is 5.15 Å². The predicted octanol–water partition coefficient (Wildman–Crippen LogP) is 2.31. The van der Waals surface area contributed by atoms with Gasteiger partial charge in [0.05, 0.1) is 5.75 Å². The van der Waals surface area contributed by atoms with Crippen molar-refractivity contribution in [2.24, 2.45) is 5.41 Å². The van der Waals surface area contributed by atoms with E-state index in [0.717, 1.165) is 0 Å². The zero-order valence-corrected chi connectivity index (χ0v) is 11.6. The van der Waals surface area contributed by atoms with Gasteiger partial charge < -0.3 is 0 Å². The first-order valence-corrected chi connectivity index (χ1v) is 7.21. The molecule has 0 saturated heterocycles. The van der Waals surface area contributed by atoms with Gasteiger partial charge in [-0.3, -0.25) is 4.72 Å². The van der Waals surface area contributed by atoms with E-state index in [4.69, 9.17) is 11.6 Å². The molecule has 1 heterocycles. The lowest BCUT2D eigenvalue weighted by Crippen LogP contribution is -2.21. The summed E-state index contributed by atoms with van der Waals surface area (Å²) in [6.07, 6.45) is 0.573. The largest absolute Gasteiger partial charge is 0.266 e. The zero-order chi connectivity index (χ0) is 13.1. The lowest BCUT2D eigenvalue weighted by atomic mass is 9.94. The standard InChI is InChI=1S/C10H16ClN3O2S/c1-10(2,3)6-7-17(15,16)14-9-5-4-8(11)12-13-9/h4-5H,6-7H2,1-3H3,(H,13,14). The minimum atomic E-state index is -3.38. The lowest BCUT2D eigenvalue weighted by Gasteiger charge is -2.17. The first-order valence-electron chi connectivity index (χ1n) is 5.18. The number of aromatic nitrogens is 2. The molecule has 0 radical (unpaired) electrons. The van der Waals surface area contributed by atoms with Gasteiger partial charge in [0.15, 0.2) is 11.0 Å². The third kappa shape index (κ3) is 5.83. The highest BCUT2D eigenvalue weighted by atomic mass is 35.5. The molecule has 7 heteroatoms. The third-order valence-electron chi connectivity index (χ3n) is 2.01. The summed E-state index contributed by atoms with van der Waals surface area (Å²) in [6.45, 7) is 5.97. The highest BCUT2D eigenvalue weighted by Gasteiger charge is 2.17. The Hall–Kier alpha value is -0.880. The summed E-state index contributed by atoms with van der Waals surface area (Å²) >= 11 is 5.55. The summed E-state index contributed by atoms with van der Waals surface area (Å²) in [4.78, 5) is 0. The Labute approximate surface area is 107 Å². The summed E-state index contributed by atoms with van der Waals surface area (Å²) < 4.78 is 25.8. The Morgan fingerprint density at radius 3 is 2.41 bits per heavy atom. The van der Waals surface area contributed by atoms with Crippen molar-refractivity contribution in [2.45, 2.75) is 27.2 Å². The van der Waals surface area contributed by atoms with Crippen LogP contribution < -0.4 is 4.72 Å². The average Bonchev–Trinajstić information content (AvgIpc) is 2.18. The molecule has 5 nitrogen and oxygen atoms in total. The highest BCUT2D eigenvalue weighted by molar-refractivity contribution is 7.92. The van der Waals surface area contributed by atoms with E-state index >= 15 is 0 Å². The molecule has 0 aliphatic rings. The molecular formula is C10H16ClN3O2S. The van der Waals surface area contributed by atoms with E-state index in [-0.39, 0.29) is 22.1 Å². The van der Waals surface area contributed by atoms with Crippen LogP contribution in [0.4, 0.5) is 5.82 Å². The third-order valence-corrected chi connectivity index (χ3v) is 3.48. The van der Waals surface area contributed by atoms with Crippen molar-refractivity contribution >= 4 is 27.4 Å². The minimum absolute atomic E-state index is 0.0274. The Balaban J connectivity index is 2.64. The van der Waals surface area contributed by atoms with Crippen molar-refractivity contribution in [3.63, 3.8) is 0 Å². The first kappa shape index (κ1) is 14.2. The number of nitrogens with one attached hydrogen (secondary N) is 1. The molecule has 17 heavy (non-hydrogen) atoms. The molecule has 0 bridgehead atoms. The molecule has 0 fully saturated rings. The van der Waals surface area contributed by atoms with Gasteiger partial charge in [0.1, 0.15) is 0 Å². The fourth-order valence-electron chi connectivity index (χ4n) is 1.02. The molecule has 0 aliphatic heterocycles. The molecule has 1 rings (SSSR count). The second kappa shape index (κ2) is 5.18. The molecule has 0 atom stereocenters. The van der Waals surface area contributed by atoms with Crippen LogP contribution >= 0.6 is 11.6 Å². The van der Waals surface area contributed by atoms with Gasteiger partial charge >= 0.3 is 0 Å². The van der Waals surface area contributed by atoms with E-state index < -0.39 is 10.0 Å². The molecule has 0 aliphatic carbocycles. The van der Waals surface area contributed by atoms with Crippen LogP contribution in [0.3, 0.4) is 0 Å². The van der Waals surface area contributed by atoms with Gasteiger partial charge in [-0.1, -0.05) is 32.4 Å². The maximum absolute atomic E-state index is 11.7. The highest BCUT2D eigenvalue weighted by Crippen LogP contribution is 2.19. The average molecular weight is 278 g/mol. The van der Waals surface area contributed by atoms with Gasteiger partial charge in [0.25, 0.3) is 0 Å². The molecule has 0 aromatic carbocycles. The second-order valence-electron chi connectivity index (χ2n) is 4.97. The Morgan fingerprint density at radius 2 is 1.94 bits per heavy atom. The molecule has 1 N–H and O–H groups in total. The number of anilines is 1. The maximum Gasteiger partial charge on any atom is 0.233 e. The van der Waals surface area contributed by atoms with Crippen LogP contribution in [0.15, 0.2) is 12.1 Å². The monoisotopic (exact) mass is 277 g/mol. The van der Waals surface area contributed by atoms with Gasteiger partial charge in [0, 0.05) is 0 Å². The van der Waals surface area contributed by atoms with Crippen molar-refractivity contribution in [1.82, 2.24) is 10.2 Å². The number of sulfonamides is 1. The normalized spacial score (nSPS) is 12.5. The summed E-state index contributed by atoms with van der Waals surface area (Å²) in [5, 5.41) is 7.42. The van der Waals surface area contributed by atoms with Gasteiger partial charge in [-0.05, 0) is 24.0 Å². The van der Waals surface area contributed by atoms with Crippen molar-refractivity contribution in [3.05, 3.63) is 17.3 Å². The molecule has 1 aromatic rings. The topological polar surface area (TPSA) is 72.0 Å². The zero-order valence-electron chi connectivity index (χ0n) is 10.1. The van der Waals surface area contributed by atoms with Gasteiger partial charge in [-0.15, -0.1) is 10.2 Å². The first-order chi connectivity index (χ1) is 7.68. The molecule has 0 saturated carbocycles. The van der Waals surface area contributed by atoms with Crippen molar-refractivity contribution in [3.8, 4) is 0 Å². The van der Waals surface area contributed by atoms with E-state index in [1.165, 1.54) is 12.1 Å². The fourth-order valence-corrected chi connectivity index (χ4v) is 2.53. The van der Waals surface area contributed by atoms with Crippen molar-refractivity contribution in [1.29, 1.82) is 0 Å². The number of hydrogen-bond acceptors (Lipinski definition) is 4. The Bertz CT molecular complexity index is 465. The second-order valence-corrected chi connectivity index (χ2v) is 7.20. The number of hydrogen-bond donors (Lipinski definition) is 1. The molecule has 0 unspecified atom stereocenters. The van der Waals surface area contributed by atoms with Crippen molar-refractivity contribution < 1.29 is 8.42 Å². The Morgan fingerprint density at radius 1 is 1.29 bits per heavy atom. The van der Waals surface area contributed by atoms with E-state index in [1.54, 1.807) is 0 Å². The number of rotatable bonds is 4. The smallest absolute Gasteiger partial charge is 0.233 e. The van der Waals surface area contributed by atoms with Crippen LogP contribution in [0.1, 0.15) is 27.2 Å². The molecule has 0 spiro atoms. The summed E-state index contributed by atoms with van der Waals surface area (Å²) in [7, 11) is -3.38. The van der Waals surface area contributed by atoms with Crippen molar-refractivity contribution in [2.75, 3.05) is 10.5 Å². The predicted molar refractivity (Wildman–Crippen MR) is 68.5 cm³/mol. The molecule has 0 amide bonds. The number of nitrogens with zero attached hydrogens (tertiary/aromatic N) is 2. The van der Waals surface area contributed by atoms with E-state index in [0.29, 0.717) is 6.42 Å². The molecular weight excluding hydrogens is 262 g/mol. The van der Waals surface area contributed by atoms with Crippen LogP contribution in [0.25, 0.3) is 0 Å². The summed E-state index contributed by atoms with van der Waals surface area (Å²) in [5.41, 5.74) is -0.0274. The van der Waals surface area contributed by atoms with Crippen LogP contribution in [0.5, 0.6) is 0 Å². The summed E-state index contributed by atoms with van der Waals surface area (Å²) in [6, 6.07) is 2.96. The van der Waals surface area contributed by atoms with E-state index in [2.05, 4.69) is 14.9 Å². The number of halogens is 1. The SMILES string of the molecule is CC(C)(C)CCS(=O)(=O)Nc1ccc(Cl)nn1. The van der Waals surface area contributed by atoms with E-state index in [1.807, 2.05) is 20.8 Å². The summed E-state index contributed by atoms with van der Waals surface area (Å²) in [5.74, 6) is 0.240. The molecule has 96 valence electrons. The minimum Gasteiger partial charge on any atom is -0.266 e. The van der Waals surface area contributed by atoms with Crippen LogP contribution in [-0.4, -0.2) is 24.4 Å². The lowest BCUT2D eigenvalue weighted by molar-refractivity contribution is 0.397. The maximum atomic E-state index is 11.7. The van der Waals surface area contributed by atoms with Gasteiger partial charge in [-0.2, -0.15) is 0 Å².